The number of nitrogens with zero attached hydrogens (tertiary/aromatic N) is 3. The summed E-state index contributed by atoms with van der Waals surface area (Å²) in [6.45, 7) is 0.824. The fourth-order valence-corrected chi connectivity index (χ4v) is 3.19. The molecule has 1 aromatic carbocycles. The minimum Gasteiger partial charge on any atom is -0.438 e. The van der Waals surface area contributed by atoms with Crippen LogP contribution in [0.2, 0.25) is 0 Å². The maximum absolute atomic E-state index is 5.67. The van der Waals surface area contributed by atoms with Gasteiger partial charge in [-0.1, -0.05) is 18.2 Å². The number of nitrogens with one attached hydrogen (secondary N) is 1. The van der Waals surface area contributed by atoms with Crippen molar-refractivity contribution in [3.05, 3.63) is 78.0 Å². The molecule has 0 amide bonds. The first-order valence-corrected chi connectivity index (χ1v) is 8.58. The van der Waals surface area contributed by atoms with E-state index in [2.05, 4.69) is 38.5 Å². The maximum atomic E-state index is 5.67. The molecule has 1 aliphatic carbocycles. The Morgan fingerprint density at radius 2 is 1.96 bits per heavy atom. The normalized spacial score (nSPS) is 16.2. The summed E-state index contributed by atoms with van der Waals surface area (Å²) < 4.78 is 5.67. The molecule has 0 aliphatic heterocycles. The number of hydrogen-bond acceptors (Lipinski definition) is 5. The highest BCUT2D eigenvalue weighted by Crippen LogP contribution is 2.28. The molecule has 25 heavy (non-hydrogen) atoms. The molecule has 5 nitrogen and oxygen atoms in total. The summed E-state index contributed by atoms with van der Waals surface area (Å²) >= 11 is 0. The van der Waals surface area contributed by atoms with Gasteiger partial charge < -0.3 is 10.1 Å². The summed E-state index contributed by atoms with van der Waals surface area (Å²) in [6, 6.07) is 12.7. The van der Waals surface area contributed by atoms with Crippen LogP contribution in [0.4, 0.5) is 0 Å². The number of benzene rings is 1. The Morgan fingerprint density at radius 1 is 1.04 bits per heavy atom. The third kappa shape index (κ3) is 3.83. The number of aryl methyl sites for hydroxylation is 1. The number of aromatic nitrogens is 3. The molecule has 0 saturated carbocycles. The Hall–Kier alpha value is -2.79. The van der Waals surface area contributed by atoms with Gasteiger partial charge in [-0.15, -0.1) is 0 Å². The minimum atomic E-state index is 0.382. The third-order valence-electron chi connectivity index (χ3n) is 4.45. The standard InChI is InChI=1S/C20H20N4O/c1-4-18-17(3-2-10-22-18)19(5-1)24-13-15-6-8-16(9-7-15)25-20-14-21-11-12-23-20/h2-3,6-12,14,19,24H,1,4-5,13H2. The van der Waals surface area contributed by atoms with Crippen LogP contribution in [0.5, 0.6) is 11.6 Å². The van der Waals surface area contributed by atoms with Crippen molar-refractivity contribution >= 4 is 0 Å². The van der Waals surface area contributed by atoms with Crippen molar-refractivity contribution in [3.63, 3.8) is 0 Å². The van der Waals surface area contributed by atoms with Crippen LogP contribution in [0.15, 0.2) is 61.2 Å². The fourth-order valence-electron chi connectivity index (χ4n) is 3.19. The summed E-state index contributed by atoms with van der Waals surface area (Å²) in [4.78, 5) is 12.6. The molecule has 5 heteroatoms. The van der Waals surface area contributed by atoms with E-state index in [-0.39, 0.29) is 0 Å². The van der Waals surface area contributed by atoms with E-state index in [0.717, 1.165) is 25.1 Å². The van der Waals surface area contributed by atoms with E-state index < -0.39 is 0 Å². The molecular weight excluding hydrogens is 312 g/mol. The number of ether oxygens (including phenoxy) is 1. The van der Waals surface area contributed by atoms with Crippen LogP contribution >= 0.6 is 0 Å². The largest absolute Gasteiger partial charge is 0.438 e. The Morgan fingerprint density at radius 3 is 2.80 bits per heavy atom. The van der Waals surface area contributed by atoms with Crippen LogP contribution in [0.3, 0.4) is 0 Å². The highest BCUT2D eigenvalue weighted by Gasteiger charge is 2.19. The van der Waals surface area contributed by atoms with E-state index >= 15 is 0 Å². The molecule has 0 bridgehead atoms. The van der Waals surface area contributed by atoms with Crippen molar-refractivity contribution < 1.29 is 4.74 Å². The van der Waals surface area contributed by atoms with Crippen molar-refractivity contribution in [2.75, 3.05) is 0 Å². The quantitative estimate of drug-likeness (QED) is 0.769. The van der Waals surface area contributed by atoms with Crippen molar-refractivity contribution in [2.45, 2.75) is 31.8 Å². The lowest BCUT2D eigenvalue weighted by molar-refractivity contribution is 0.451. The van der Waals surface area contributed by atoms with Crippen LogP contribution < -0.4 is 10.1 Å². The molecule has 2 aromatic heterocycles. The van der Waals surface area contributed by atoms with Gasteiger partial charge in [-0.25, -0.2) is 4.98 Å². The second-order valence-electron chi connectivity index (χ2n) is 6.15. The third-order valence-corrected chi connectivity index (χ3v) is 4.45. The lowest BCUT2D eigenvalue weighted by atomic mass is 9.91. The summed E-state index contributed by atoms with van der Waals surface area (Å²) in [5, 5.41) is 3.66. The van der Waals surface area contributed by atoms with E-state index in [4.69, 9.17) is 4.74 Å². The summed E-state index contributed by atoms with van der Waals surface area (Å²) in [7, 11) is 0. The van der Waals surface area contributed by atoms with Crippen molar-refractivity contribution in [2.24, 2.45) is 0 Å². The Bertz CT molecular complexity index is 821. The molecule has 0 spiro atoms. The molecule has 0 saturated heterocycles. The SMILES string of the molecule is c1cnc2c(c1)C(NCc1ccc(Oc3cnccn3)cc1)CCC2. The number of pyridine rings is 1. The monoisotopic (exact) mass is 332 g/mol. The van der Waals surface area contributed by atoms with Crippen LogP contribution in [-0.2, 0) is 13.0 Å². The van der Waals surface area contributed by atoms with Gasteiger partial charge in [0.25, 0.3) is 0 Å². The highest BCUT2D eigenvalue weighted by molar-refractivity contribution is 5.30. The topological polar surface area (TPSA) is 59.9 Å². The van der Waals surface area contributed by atoms with Crippen LogP contribution in [0.25, 0.3) is 0 Å². The summed E-state index contributed by atoms with van der Waals surface area (Å²) in [5.74, 6) is 1.26. The molecule has 4 rings (SSSR count). The molecule has 0 fully saturated rings. The zero-order chi connectivity index (χ0) is 16.9. The number of fused-ring (bicyclic) bond motifs is 1. The second-order valence-corrected chi connectivity index (χ2v) is 6.15. The van der Waals surface area contributed by atoms with Crippen LogP contribution in [0, 0.1) is 0 Å². The van der Waals surface area contributed by atoms with Gasteiger partial charge in [0, 0.05) is 36.9 Å². The molecule has 1 aliphatic rings. The summed E-state index contributed by atoms with van der Waals surface area (Å²) in [5.41, 5.74) is 3.80. The zero-order valence-electron chi connectivity index (χ0n) is 13.9. The van der Waals surface area contributed by atoms with E-state index in [1.54, 1.807) is 18.6 Å². The average Bonchev–Trinajstić information content (AvgIpc) is 2.68. The molecule has 1 atom stereocenters. The van der Waals surface area contributed by atoms with E-state index in [9.17, 15) is 0 Å². The number of hydrogen-bond donors (Lipinski definition) is 1. The zero-order valence-corrected chi connectivity index (χ0v) is 13.9. The molecule has 1 N–H and O–H groups in total. The molecule has 2 heterocycles. The van der Waals surface area contributed by atoms with Crippen molar-refractivity contribution in [1.82, 2.24) is 20.3 Å². The van der Waals surface area contributed by atoms with Gasteiger partial charge >= 0.3 is 0 Å². The van der Waals surface area contributed by atoms with E-state index in [0.29, 0.717) is 11.9 Å². The maximum Gasteiger partial charge on any atom is 0.237 e. The van der Waals surface area contributed by atoms with E-state index in [1.165, 1.54) is 23.2 Å². The first kappa shape index (κ1) is 15.7. The fraction of sp³-hybridized carbons (Fsp3) is 0.250. The Labute approximate surface area is 147 Å². The van der Waals surface area contributed by atoms with Crippen LogP contribution in [-0.4, -0.2) is 15.0 Å². The molecule has 3 aromatic rings. The van der Waals surface area contributed by atoms with Gasteiger partial charge in [-0.2, -0.15) is 0 Å². The molecule has 126 valence electrons. The lowest BCUT2D eigenvalue weighted by Gasteiger charge is -2.25. The van der Waals surface area contributed by atoms with Gasteiger partial charge in [-0.05, 0) is 48.6 Å². The van der Waals surface area contributed by atoms with Gasteiger partial charge in [0.2, 0.25) is 5.88 Å². The number of rotatable bonds is 5. The van der Waals surface area contributed by atoms with Crippen molar-refractivity contribution in [1.29, 1.82) is 0 Å². The first-order chi connectivity index (χ1) is 12.4. The smallest absolute Gasteiger partial charge is 0.237 e. The molecule has 1 unspecified atom stereocenters. The summed E-state index contributed by atoms with van der Waals surface area (Å²) in [6.07, 6.45) is 10.2. The second kappa shape index (κ2) is 7.40. The van der Waals surface area contributed by atoms with Crippen LogP contribution in [0.1, 0.15) is 35.7 Å². The van der Waals surface area contributed by atoms with Gasteiger partial charge in [0.1, 0.15) is 5.75 Å². The lowest BCUT2D eigenvalue weighted by Crippen LogP contribution is -2.25. The van der Waals surface area contributed by atoms with Gasteiger partial charge in [0.05, 0.1) is 6.20 Å². The van der Waals surface area contributed by atoms with E-state index in [1.807, 2.05) is 24.4 Å². The van der Waals surface area contributed by atoms with Gasteiger partial charge in [0.15, 0.2) is 0 Å². The molecule has 0 radical (unpaired) electrons. The predicted molar refractivity (Wildman–Crippen MR) is 95.3 cm³/mol. The predicted octanol–water partition coefficient (Wildman–Crippen LogP) is 3.83. The Balaban J connectivity index is 1.38. The van der Waals surface area contributed by atoms with Crippen molar-refractivity contribution in [3.8, 4) is 11.6 Å². The highest BCUT2D eigenvalue weighted by atomic mass is 16.5. The minimum absolute atomic E-state index is 0.382. The Kier molecular flexibility index (Phi) is 4.65. The molecular formula is C20H20N4O. The average molecular weight is 332 g/mol. The van der Waals surface area contributed by atoms with Gasteiger partial charge in [-0.3, -0.25) is 9.97 Å². The first-order valence-electron chi connectivity index (χ1n) is 8.58.